The fourth-order valence-corrected chi connectivity index (χ4v) is 5.57. The van der Waals surface area contributed by atoms with Gasteiger partial charge in [0.05, 0.1) is 13.2 Å². The summed E-state index contributed by atoms with van der Waals surface area (Å²) >= 11 is 0. The fraction of sp³-hybridized carbons (Fsp3) is 0.588. The first-order valence-electron chi connectivity index (χ1n) is 17.4. The van der Waals surface area contributed by atoms with Crippen LogP contribution in [0.25, 0.3) is 0 Å². The van der Waals surface area contributed by atoms with Crippen LogP contribution in [-0.4, -0.2) is 136 Å². The Morgan fingerprint density at radius 1 is 0.755 bits per heavy atom. The number of nitrogens with two attached hydrogens (primary N) is 1. The van der Waals surface area contributed by atoms with E-state index in [0.717, 1.165) is 0 Å². The Kier molecular flexibility index (Phi) is 18.3. The molecule has 294 valence electrons. The lowest BCUT2D eigenvalue weighted by Gasteiger charge is -2.29. The van der Waals surface area contributed by atoms with Gasteiger partial charge in [-0.15, -0.1) is 0 Å². The zero-order valence-corrected chi connectivity index (χ0v) is 30.1. The molecule has 1 heterocycles. The largest absolute Gasteiger partial charge is 0.480 e. The number of unbranched alkanes of at least 4 members (excludes halogenated alkanes) is 1. The molecule has 7 amide bonds. The van der Waals surface area contributed by atoms with Gasteiger partial charge in [-0.25, -0.2) is 0 Å². The van der Waals surface area contributed by atoms with Crippen LogP contribution in [0.5, 0.6) is 0 Å². The predicted octanol–water partition coefficient (Wildman–Crippen LogP) is -3.61. The molecular formula is C34H52N8O11. The molecule has 0 radical (unpaired) electrons. The SMILES string of the molecule is CC(=O)N[C@@H](CCCCN)C(=O)N[C@@H](CO)C(=O)N[C@@H](Cc1ccccc1)C(=O)N[C@@H](CO)C(=O)N[C@@H](C)C(=O)N1CCC[C@H]1C(=O)N[C@@H](C)C(=O)O. The normalized spacial score (nSPS) is 17.2. The van der Waals surface area contributed by atoms with Gasteiger partial charge in [-0.2, -0.15) is 0 Å². The molecule has 19 nitrogen and oxygen atoms in total. The van der Waals surface area contributed by atoms with Crippen LogP contribution in [0.3, 0.4) is 0 Å². The lowest BCUT2D eigenvalue weighted by molar-refractivity contribution is -0.144. The van der Waals surface area contributed by atoms with Crippen molar-refractivity contribution in [3.05, 3.63) is 35.9 Å². The number of carboxylic acids is 1. The summed E-state index contributed by atoms with van der Waals surface area (Å²) < 4.78 is 0. The number of likely N-dealkylation sites (tertiary alicyclic amines) is 1. The molecule has 19 heteroatoms. The van der Waals surface area contributed by atoms with E-state index in [1.165, 1.54) is 25.7 Å². The van der Waals surface area contributed by atoms with Crippen LogP contribution < -0.4 is 37.6 Å². The van der Waals surface area contributed by atoms with Crippen molar-refractivity contribution < 1.29 is 53.7 Å². The van der Waals surface area contributed by atoms with Crippen LogP contribution in [0.15, 0.2) is 30.3 Å². The van der Waals surface area contributed by atoms with Gasteiger partial charge in [0.1, 0.15) is 42.3 Å². The molecule has 11 N–H and O–H groups in total. The predicted molar refractivity (Wildman–Crippen MR) is 188 cm³/mol. The van der Waals surface area contributed by atoms with E-state index in [1.807, 2.05) is 0 Å². The third-order valence-corrected chi connectivity index (χ3v) is 8.48. The molecule has 1 aromatic carbocycles. The second-order valence-electron chi connectivity index (χ2n) is 12.8. The third kappa shape index (κ3) is 14.1. The molecule has 0 spiro atoms. The number of amides is 7. The van der Waals surface area contributed by atoms with E-state index < -0.39 is 103 Å². The summed E-state index contributed by atoms with van der Waals surface area (Å²) in [6.45, 7) is 2.63. The highest BCUT2D eigenvalue weighted by molar-refractivity contribution is 5.97. The average molecular weight is 749 g/mol. The van der Waals surface area contributed by atoms with Gasteiger partial charge in [0, 0.05) is 19.9 Å². The van der Waals surface area contributed by atoms with Crippen LogP contribution in [0.4, 0.5) is 0 Å². The number of aliphatic hydroxyl groups is 2. The van der Waals surface area contributed by atoms with E-state index in [-0.39, 0.29) is 25.8 Å². The maximum atomic E-state index is 13.6. The second-order valence-corrected chi connectivity index (χ2v) is 12.8. The van der Waals surface area contributed by atoms with E-state index in [4.69, 9.17) is 10.8 Å². The lowest BCUT2D eigenvalue weighted by Crippen LogP contribution is -2.61. The van der Waals surface area contributed by atoms with E-state index in [9.17, 15) is 48.6 Å². The first kappa shape index (κ1) is 44.0. The maximum Gasteiger partial charge on any atom is 0.325 e. The summed E-state index contributed by atoms with van der Waals surface area (Å²) in [6.07, 6.45) is 1.93. The summed E-state index contributed by atoms with van der Waals surface area (Å²) in [5.41, 5.74) is 6.11. The Labute approximate surface area is 307 Å². The van der Waals surface area contributed by atoms with Gasteiger partial charge >= 0.3 is 5.97 Å². The molecule has 1 fully saturated rings. The first-order chi connectivity index (χ1) is 25.1. The Bertz CT molecular complexity index is 1450. The average Bonchev–Trinajstić information content (AvgIpc) is 3.62. The Morgan fingerprint density at radius 3 is 1.85 bits per heavy atom. The van der Waals surface area contributed by atoms with Gasteiger partial charge < -0.3 is 57.9 Å². The van der Waals surface area contributed by atoms with E-state index in [1.54, 1.807) is 30.3 Å². The molecule has 0 aromatic heterocycles. The molecule has 1 aliphatic rings. The van der Waals surface area contributed by atoms with Gasteiger partial charge in [-0.05, 0) is 58.1 Å². The van der Waals surface area contributed by atoms with Gasteiger partial charge in [0.2, 0.25) is 41.4 Å². The van der Waals surface area contributed by atoms with Crippen LogP contribution in [0, 0.1) is 0 Å². The third-order valence-electron chi connectivity index (χ3n) is 8.48. The number of nitrogens with one attached hydrogen (secondary N) is 6. The standard InChI is InChI=1S/C34H52N8O11/c1-19(33(51)42-15-9-13-27(42)32(50)37-20(2)34(52)53)36-30(48)25(17-43)41-29(47)24(16-22-10-5-4-6-11-22)39-31(49)26(18-44)40-28(46)23(38-21(3)45)12-7-8-14-35/h4-6,10-11,19-20,23-27,43-44H,7-9,12-18,35H2,1-3H3,(H,36,48)(H,37,50)(H,38,45)(H,39,49)(H,40,46)(H,41,47)(H,52,53)/t19-,20-,23-,24-,25-,26-,27-/m0/s1. The summed E-state index contributed by atoms with van der Waals surface area (Å²) in [4.78, 5) is 103. The summed E-state index contributed by atoms with van der Waals surface area (Å²) in [6, 6.07) is -0.426. The number of aliphatic carboxylic acids is 1. The summed E-state index contributed by atoms with van der Waals surface area (Å²) in [5, 5.41) is 43.6. The van der Waals surface area contributed by atoms with Gasteiger partial charge in [0.15, 0.2) is 0 Å². The second kappa shape index (κ2) is 22.0. The molecular weight excluding hydrogens is 696 g/mol. The fourth-order valence-electron chi connectivity index (χ4n) is 5.57. The molecule has 0 bridgehead atoms. The van der Waals surface area contributed by atoms with Crippen LogP contribution in [0.1, 0.15) is 58.4 Å². The summed E-state index contributed by atoms with van der Waals surface area (Å²) in [7, 11) is 0. The molecule has 0 saturated carbocycles. The first-order valence-corrected chi connectivity index (χ1v) is 17.4. The van der Waals surface area contributed by atoms with Gasteiger partial charge in [0.25, 0.3) is 0 Å². The highest BCUT2D eigenvalue weighted by Gasteiger charge is 2.38. The zero-order chi connectivity index (χ0) is 39.7. The van der Waals surface area contributed by atoms with Crippen molar-refractivity contribution in [3.8, 4) is 0 Å². The molecule has 0 unspecified atom stereocenters. The minimum absolute atomic E-state index is 0.105. The number of benzene rings is 1. The lowest BCUT2D eigenvalue weighted by atomic mass is 10.0. The van der Waals surface area contributed by atoms with Crippen LogP contribution in [0.2, 0.25) is 0 Å². The van der Waals surface area contributed by atoms with Crippen molar-refractivity contribution in [2.45, 2.75) is 102 Å². The quantitative estimate of drug-likeness (QED) is 0.0546. The molecule has 53 heavy (non-hydrogen) atoms. The van der Waals surface area contributed by atoms with E-state index in [0.29, 0.717) is 31.4 Å². The van der Waals surface area contributed by atoms with E-state index in [2.05, 4.69) is 31.9 Å². The Morgan fingerprint density at radius 2 is 1.30 bits per heavy atom. The van der Waals surface area contributed by atoms with Crippen LogP contribution >= 0.6 is 0 Å². The topological polar surface area (TPSA) is 299 Å². The van der Waals surface area contributed by atoms with E-state index >= 15 is 0 Å². The highest BCUT2D eigenvalue weighted by atomic mass is 16.4. The zero-order valence-electron chi connectivity index (χ0n) is 30.1. The van der Waals surface area contributed by atoms with Gasteiger partial charge in [-0.3, -0.25) is 38.4 Å². The molecule has 7 atom stereocenters. The molecule has 1 aromatic rings. The number of hydrogen-bond donors (Lipinski definition) is 10. The number of rotatable bonds is 21. The molecule has 1 saturated heterocycles. The number of carboxylic acid groups (broad SMARTS) is 1. The summed E-state index contributed by atoms with van der Waals surface area (Å²) in [5.74, 6) is -6.61. The van der Waals surface area contributed by atoms with Crippen molar-refractivity contribution in [2.75, 3.05) is 26.3 Å². The van der Waals surface area contributed by atoms with Crippen molar-refractivity contribution in [1.82, 2.24) is 36.8 Å². The smallest absolute Gasteiger partial charge is 0.325 e. The van der Waals surface area contributed by atoms with Crippen molar-refractivity contribution in [2.24, 2.45) is 5.73 Å². The minimum atomic E-state index is -1.60. The van der Waals surface area contributed by atoms with Crippen LogP contribution in [-0.2, 0) is 44.8 Å². The van der Waals surface area contributed by atoms with Gasteiger partial charge in [-0.1, -0.05) is 30.3 Å². The molecule has 0 aliphatic carbocycles. The monoisotopic (exact) mass is 748 g/mol. The maximum absolute atomic E-state index is 13.6. The number of nitrogens with zero attached hydrogens (tertiary/aromatic N) is 1. The number of carbonyl (C=O) groups is 8. The molecule has 1 aliphatic heterocycles. The van der Waals surface area contributed by atoms with Crippen molar-refractivity contribution in [1.29, 1.82) is 0 Å². The Hall–Kier alpha value is -5.14. The molecule has 2 rings (SSSR count). The number of aliphatic hydroxyl groups excluding tert-OH is 2. The number of carbonyl (C=O) groups excluding carboxylic acids is 7. The Balaban J connectivity index is 2.16. The minimum Gasteiger partial charge on any atom is -0.480 e. The highest BCUT2D eigenvalue weighted by Crippen LogP contribution is 2.19. The number of hydrogen-bond acceptors (Lipinski definition) is 11. The van der Waals surface area contributed by atoms with Crippen molar-refractivity contribution in [3.63, 3.8) is 0 Å². The van der Waals surface area contributed by atoms with Crippen molar-refractivity contribution >= 4 is 47.3 Å².